The van der Waals surface area contributed by atoms with E-state index < -0.39 is 0 Å². The van der Waals surface area contributed by atoms with E-state index >= 15 is 0 Å². The Kier molecular flexibility index (Phi) is 5.48. The molecule has 20 heavy (non-hydrogen) atoms. The van der Waals surface area contributed by atoms with Gasteiger partial charge in [-0.1, -0.05) is 32.6 Å². The van der Waals surface area contributed by atoms with Crippen molar-refractivity contribution in [3.8, 4) is 0 Å². The molecule has 1 aliphatic heterocycles. The minimum Gasteiger partial charge on any atom is -0.393 e. The van der Waals surface area contributed by atoms with Crippen molar-refractivity contribution >= 4 is 5.91 Å². The van der Waals surface area contributed by atoms with Crippen LogP contribution in [0.5, 0.6) is 0 Å². The molecule has 2 rings (SSSR count). The van der Waals surface area contributed by atoms with Crippen LogP contribution in [0.15, 0.2) is 0 Å². The van der Waals surface area contributed by atoms with Gasteiger partial charge in [0.05, 0.1) is 6.10 Å². The highest BCUT2D eigenvalue weighted by Gasteiger charge is 2.43. The number of carbonyl (C=O) groups excluding carboxylic acids is 1. The van der Waals surface area contributed by atoms with Crippen molar-refractivity contribution in [1.29, 1.82) is 0 Å². The third-order valence-corrected chi connectivity index (χ3v) is 5.44. The second-order valence-electron chi connectivity index (χ2n) is 6.93. The van der Waals surface area contributed by atoms with E-state index in [9.17, 15) is 9.90 Å². The van der Waals surface area contributed by atoms with Crippen LogP contribution in [-0.2, 0) is 4.79 Å². The van der Waals surface area contributed by atoms with Gasteiger partial charge in [-0.25, -0.2) is 0 Å². The monoisotopic (exact) mass is 281 g/mol. The van der Waals surface area contributed by atoms with Gasteiger partial charge in [-0.2, -0.15) is 0 Å². The lowest BCUT2D eigenvalue weighted by Crippen LogP contribution is -2.48. The van der Waals surface area contributed by atoms with Crippen LogP contribution >= 0.6 is 0 Å². The van der Waals surface area contributed by atoms with Crippen molar-refractivity contribution in [3.63, 3.8) is 0 Å². The number of rotatable bonds is 4. The maximum Gasteiger partial charge on any atom is 0.229 e. The molecule has 0 aromatic rings. The Balaban J connectivity index is 2.14. The number of hydrogen-bond acceptors (Lipinski definition) is 2. The summed E-state index contributed by atoms with van der Waals surface area (Å²) < 4.78 is 0. The normalized spacial score (nSPS) is 28.1. The molecule has 116 valence electrons. The molecular formula is C17H31NO2. The van der Waals surface area contributed by atoms with Crippen molar-refractivity contribution in [1.82, 2.24) is 4.90 Å². The van der Waals surface area contributed by atoms with E-state index in [1.807, 2.05) is 6.92 Å². The van der Waals surface area contributed by atoms with Gasteiger partial charge in [-0.05, 0) is 45.4 Å². The molecule has 1 heterocycles. The van der Waals surface area contributed by atoms with Crippen LogP contribution in [0.3, 0.4) is 0 Å². The average Bonchev–Trinajstić information content (AvgIpc) is 2.80. The largest absolute Gasteiger partial charge is 0.393 e. The average molecular weight is 281 g/mol. The summed E-state index contributed by atoms with van der Waals surface area (Å²) in [6.07, 6.45) is 10.6. The third-order valence-electron chi connectivity index (χ3n) is 5.44. The Hall–Kier alpha value is -0.570. The molecule has 0 aromatic heterocycles. The van der Waals surface area contributed by atoms with Crippen LogP contribution < -0.4 is 0 Å². The van der Waals surface area contributed by atoms with Gasteiger partial charge in [0.2, 0.25) is 5.91 Å². The summed E-state index contributed by atoms with van der Waals surface area (Å²) in [5.41, 5.74) is -0.0821. The van der Waals surface area contributed by atoms with Crippen molar-refractivity contribution in [2.24, 2.45) is 5.41 Å². The van der Waals surface area contributed by atoms with Gasteiger partial charge in [-0.3, -0.25) is 4.79 Å². The summed E-state index contributed by atoms with van der Waals surface area (Å²) in [6.45, 7) is 4.92. The lowest BCUT2D eigenvalue weighted by Gasteiger charge is -2.38. The van der Waals surface area contributed by atoms with E-state index in [-0.39, 0.29) is 17.6 Å². The van der Waals surface area contributed by atoms with E-state index in [0.29, 0.717) is 5.91 Å². The Bertz CT molecular complexity index is 321. The second-order valence-corrected chi connectivity index (χ2v) is 6.93. The van der Waals surface area contributed by atoms with Gasteiger partial charge in [-0.15, -0.1) is 0 Å². The lowest BCUT2D eigenvalue weighted by atomic mass is 9.81. The highest BCUT2D eigenvalue weighted by molar-refractivity contribution is 5.83. The minimum atomic E-state index is -0.311. The quantitative estimate of drug-likeness (QED) is 0.857. The molecule has 1 saturated heterocycles. The van der Waals surface area contributed by atoms with E-state index in [2.05, 4.69) is 11.8 Å². The summed E-state index contributed by atoms with van der Waals surface area (Å²) in [7, 11) is 0. The van der Waals surface area contributed by atoms with E-state index in [1.165, 1.54) is 25.7 Å². The lowest BCUT2D eigenvalue weighted by molar-refractivity contribution is -0.145. The molecule has 1 saturated carbocycles. The summed E-state index contributed by atoms with van der Waals surface area (Å²) >= 11 is 0. The van der Waals surface area contributed by atoms with Crippen molar-refractivity contribution in [2.75, 3.05) is 6.54 Å². The first-order valence-corrected chi connectivity index (χ1v) is 8.58. The minimum absolute atomic E-state index is 0.0821. The first-order chi connectivity index (χ1) is 9.59. The van der Waals surface area contributed by atoms with Gasteiger partial charge in [0, 0.05) is 18.0 Å². The zero-order valence-corrected chi connectivity index (χ0v) is 13.2. The van der Waals surface area contributed by atoms with E-state index in [0.717, 1.165) is 45.1 Å². The maximum atomic E-state index is 13.1. The second kappa shape index (κ2) is 6.93. The molecule has 0 spiro atoms. The van der Waals surface area contributed by atoms with Crippen molar-refractivity contribution in [3.05, 3.63) is 0 Å². The molecule has 2 atom stereocenters. The Morgan fingerprint density at radius 1 is 1.25 bits per heavy atom. The predicted molar refractivity (Wildman–Crippen MR) is 81.5 cm³/mol. The molecule has 2 unspecified atom stereocenters. The Labute approximate surface area is 123 Å². The fraction of sp³-hybridized carbons (Fsp3) is 0.941. The van der Waals surface area contributed by atoms with E-state index in [1.54, 1.807) is 0 Å². The number of aliphatic hydroxyl groups is 1. The fourth-order valence-electron chi connectivity index (χ4n) is 4.16. The number of aliphatic hydroxyl groups excluding tert-OH is 1. The maximum absolute atomic E-state index is 13.1. The summed E-state index contributed by atoms with van der Waals surface area (Å²) in [6, 6.07) is 0.258. The van der Waals surface area contributed by atoms with Gasteiger partial charge in [0.25, 0.3) is 0 Å². The molecule has 1 amide bonds. The molecule has 3 heteroatoms. The number of hydrogen-bond donors (Lipinski definition) is 1. The molecule has 1 aliphatic carbocycles. The number of amides is 1. The zero-order chi connectivity index (χ0) is 14.6. The van der Waals surface area contributed by atoms with Crippen LogP contribution in [0.2, 0.25) is 0 Å². The van der Waals surface area contributed by atoms with Crippen LogP contribution in [0, 0.1) is 5.41 Å². The molecular weight excluding hydrogens is 250 g/mol. The van der Waals surface area contributed by atoms with Crippen molar-refractivity contribution in [2.45, 2.75) is 90.2 Å². The molecule has 3 nitrogen and oxygen atoms in total. The van der Waals surface area contributed by atoms with Crippen LogP contribution in [0.25, 0.3) is 0 Å². The van der Waals surface area contributed by atoms with E-state index in [4.69, 9.17) is 0 Å². The van der Waals surface area contributed by atoms with Crippen LogP contribution in [-0.4, -0.2) is 34.6 Å². The number of carbonyl (C=O) groups is 1. The fourth-order valence-corrected chi connectivity index (χ4v) is 4.16. The molecule has 0 bridgehead atoms. The number of likely N-dealkylation sites (tertiary alicyclic amines) is 1. The first-order valence-electron chi connectivity index (χ1n) is 8.58. The van der Waals surface area contributed by atoms with Gasteiger partial charge >= 0.3 is 0 Å². The Morgan fingerprint density at radius 2 is 1.95 bits per heavy atom. The van der Waals surface area contributed by atoms with Gasteiger partial charge < -0.3 is 10.0 Å². The summed E-state index contributed by atoms with van der Waals surface area (Å²) in [5, 5.41) is 9.74. The van der Waals surface area contributed by atoms with Gasteiger partial charge in [0.1, 0.15) is 0 Å². The summed E-state index contributed by atoms with van der Waals surface area (Å²) in [4.78, 5) is 15.3. The smallest absolute Gasteiger partial charge is 0.229 e. The first kappa shape index (κ1) is 15.8. The van der Waals surface area contributed by atoms with Crippen LogP contribution in [0.4, 0.5) is 0 Å². The highest BCUT2D eigenvalue weighted by atomic mass is 16.3. The molecule has 0 aromatic carbocycles. The van der Waals surface area contributed by atoms with Crippen molar-refractivity contribution < 1.29 is 9.90 Å². The molecule has 2 aliphatic rings. The highest BCUT2D eigenvalue weighted by Crippen LogP contribution is 2.43. The molecule has 2 fully saturated rings. The standard InChI is InChI=1S/C17H31NO2/c1-3-17(10-6-7-11-17)16(20)18-12-8-4-5-9-15(18)13-14(2)19/h14-15,19H,3-13H2,1-2H3. The number of nitrogens with zero attached hydrogens (tertiary/aromatic N) is 1. The zero-order valence-electron chi connectivity index (χ0n) is 13.2. The molecule has 0 radical (unpaired) electrons. The van der Waals surface area contributed by atoms with Crippen LogP contribution in [0.1, 0.15) is 78.1 Å². The predicted octanol–water partition coefficient (Wildman–Crippen LogP) is 3.50. The topological polar surface area (TPSA) is 40.5 Å². The Morgan fingerprint density at radius 3 is 2.55 bits per heavy atom. The SMILES string of the molecule is CCC1(C(=O)N2CCCCCC2CC(C)O)CCCC1. The third kappa shape index (κ3) is 3.36. The van der Waals surface area contributed by atoms with Gasteiger partial charge in [0.15, 0.2) is 0 Å². The molecule has 1 N–H and O–H groups in total. The summed E-state index contributed by atoms with van der Waals surface area (Å²) in [5.74, 6) is 0.394.